The molecule has 1 aromatic heterocycles. The summed E-state index contributed by atoms with van der Waals surface area (Å²) in [5.74, 6) is -0.270. The summed E-state index contributed by atoms with van der Waals surface area (Å²) in [6, 6.07) is 8.06. The monoisotopic (exact) mass is 292 g/mol. The minimum Gasteiger partial charge on any atom is -0.504 e. The molecule has 2 rings (SSSR count). The van der Waals surface area contributed by atoms with E-state index in [-0.39, 0.29) is 16.5 Å². The molecule has 5 nitrogen and oxygen atoms in total. The average molecular weight is 292 g/mol. The Bertz CT molecular complexity index is 755. The second kappa shape index (κ2) is 5.13. The van der Waals surface area contributed by atoms with Gasteiger partial charge in [-0.25, -0.2) is 13.4 Å². The fraction of sp³-hybridized carbons (Fsp3) is 0.214. The van der Waals surface area contributed by atoms with Crippen molar-refractivity contribution in [3.63, 3.8) is 0 Å². The van der Waals surface area contributed by atoms with Crippen molar-refractivity contribution in [2.75, 3.05) is 4.72 Å². The Kier molecular flexibility index (Phi) is 3.67. The van der Waals surface area contributed by atoms with Crippen molar-refractivity contribution >= 4 is 15.8 Å². The molecule has 0 saturated heterocycles. The molecule has 0 atom stereocenters. The molecule has 0 aliphatic carbocycles. The molecule has 106 valence electrons. The third kappa shape index (κ3) is 2.91. The molecule has 0 amide bonds. The van der Waals surface area contributed by atoms with Crippen molar-refractivity contribution in [1.82, 2.24) is 4.98 Å². The lowest BCUT2D eigenvalue weighted by atomic mass is 10.2. The van der Waals surface area contributed by atoms with Crippen LogP contribution in [0.25, 0.3) is 0 Å². The molecule has 0 fully saturated rings. The fourth-order valence-electron chi connectivity index (χ4n) is 1.91. The molecule has 2 N–H and O–H groups in total. The molecule has 6 heteroatoms. The summed E-state index contributed by atoms with van der Waals surface area (Å²) in [6.45, 7) is 5.34. The molecule has 0 radical (unpaired) electrons. The van der Waals surface area contributed by atoms with Gasteiger partial charge in [0, 0.05) is 5.69 Å². The number of anilines is 1. The molecular formula is C14H16N2O3S. The second-order valence-electron chi connectivity index (χ2n) is 4.69. The molecule has 1 aromatic carbocycles. The maximum Gasteiger partial charge on any atom is 0.263 e. The zero-order valence-corrected chi connectivity index (χ0v) is 12.3. The van der Waals surface area contributed by atoms with Crippen LogP contribution in [-0.2, 0) is 10.0 Å². The summed E-state index contributed by atoms with van der Waals surface area (Å²) in [5, 5.41) is 9.67. The zero-order chi connectivity index (χ0) is 14.9. The normalized spacial score (nSPS) is 11.3. The van der Waals surface area contributed by atoms with Gasteiger partial charge in [-0.3, -0.25) is 4.72 Å². The molecule has 0 bridgehead atoms. The number of nitrogens with one attached hydrogen (secondary N) is 1. The molecule has 0 unspecified atom stereocenters. The lowest BCUT2D eigenvalue weighted by molar-refractivity contribution is 0.475. The third-order valence-corrected chi connectivity index (χ3v) is 4.36. The largest absolute Gasteiger partial charge is 0.504 e. The maximum atomic E-state index is 12.3. The van der Waals surface area contributed by atoms with Crippen molar-refractivity contribution in [2.24, 2.45) is 0 Å². The molecular weight excluding hydrogens is 276 g/mol. The zero-order valence-electron chi connectivity index (χ0n) is 11.5. The van der Waals surface area contributed by atoms with E-state index < -0.39 is 10.0 Å². The van der Waals surface area contributed by atoms with Crippen LogP contribution in [0.15, 0.2) is 35.2 Å². The van der Waals surface area contributed by atoms with Crippen molar-refractivity contribution in [1.29, 1.82) is 0 Å². The van der Waals surface area contributed by atoms with E-state index in [1.807, 2.05) is 6.92 Å². The molecule has 0 saturated carbocycles. The number of aromatic hydroxyl groups is 1. The smallest absolute Gasteiger partial charge is 0.263 e. The number of aryl methyl sites for hydroxylation is 3. The SMILES string of the molecule is Cc1ccc(S(=O)(=O)Nc2nc(C)ccc2O)c(C)c1. The Hall–Kier alpha value is -2.08. The Balaban J connectivity index is 2.43. The van der Waals surface area contributed by atoms with E-state index in [9.17, 15) is 13.5 Å². The van der Waals surface area contributed by atoms with Gasteiger partial charge in [0.05, 0.1) is 4.90 Å². The quantitative estimate of drug-likeness (QED) is 0.911. The summed E-state index contributed by atoms with van der Waals surface area (Å²) < 4.78 is 27.0. The van der Waals surface area contributed by atoms with Crippen molar-refractivity contribution in [3.8, 4) is 5.75 Å². The number of nitrogens with zero attached hydrogens (tertiary/aromatic N) is 1. The van der Waals surface area contributed by atoms with E-state index in [0.29, 0.717) is 11.3 Å². The number of benzene rings is 1. The van der Waals surface area contributed by atoms with E-state index >= 15 is 0 Å². The number of hydrogen-bond acceptors (Lipinski definition) is 4. The maximum absolute atomic E-state index is 12.3. The summed E-state index contributed by atoms with van der Waals surface area (Å²) in [6.07, 6.45) is 0. The van der Waals surface area contributed by atoms with E-state index in [1.165, 1.54) is 6.07 Å². The van der Waals surface area contributed by atoms with Gasteiger partial charge in [0.25, 0.3) is 10.0 Å². The number of sulfonamides is 1. The predicted octanol–water partition coefficient (Wildman–Crippen LogP) is 2.51. The second-order valence-corrected chi connectivity index (χ2v) is 6.35. The molecule has 0 spiro atoms. The van der Waals surface area contributed by atoms with Crippen LogP contribution in [0.3, 0.4) is 0 Å². The van der Waals surface area contributed by atoms with Gasteiger partial charge >= 0.3 is 0 Å². The van der Waals surface area contributed by atoms with E-state index in [0.717, 1.165) is 5.56 Å². The first kappa shape index (κ1) is 14.3. The first-order valence-corrected chi connectivity index (χ1v) is 7.54. The van der Waals surface area contributed by atoms with E-state index in [1.54, 1.807) is 38.1 Å². The summed E-state index contributed by atoms with van der Waals surface area (Å²) >= 11 is 0. The molecule has 20 heavy (non-hydrogen) atoms. The van der Waals surface area contributed by atoms with Gasteiger partial charge in [-0.15, -0.1) is 0 Å². The number of aromatic nitrogens is 1. The van der Waals surface area contributed by atoms with E-state index in [2.05, 4.69) is 9.71 Å². The molecule has 0 aliphatic rings. The van der Waals surface area contributed by atoms with Crippen LogP contribution in [0.2, 0.25) is 0 Å². The van der Waals surface area contributed by atoms with Gasteiger partial charge in [0.15, 0.2) is 11.6 Å². The number of hydrogen-bond donors (Lipinski definition) is 2. The van der Waals surface area contributed by atoms with Crippen molar-refractivity contribution < 1.29 is 13.5 Å². The highest BCUT2D eigenvalue weighted by atomic mass is 32.2. The third-order valence-electron chi connectivity index (χ3n) is 2.86. The lowest BCUT2D eigenvalue weighted by Crippen LogP contribution is -2.15. The molecule has 2 aromatic rings. The lowest BCUT2D eigenvalue weighted by Gasteiger charge is -2.11. The minimum atomic E-state index is -3.77. The first-order chi connectivity index (χ1) is 9.29. The topological polar surface area (TPSA) is 79.3 Å². The van der Waals surface area contributed by atoms with Gasteiger partial charge in [-0.2, -0.15) is 0 Å². The van der Waals surface area contributed by atoms with Crippen LogP contribution >= 0.6 is 0 Å². The first-order valence-electron chi connectivity index (χ1n) is 6.06. The van der Waals surface area contributed by atoms with Gasteiger partial charge in [0.2, 0.25) is 0 Å². The Morgan fingerprint density at radius 2 is 1.80 bits per heavy atom. The highest BCUT2D eigenvalue weighted by molar-refractivity contribution is 7.92. The van der Waals surface area contributed by atoms with Crippen LogP contribution in [0.1, 0.15) is 16.8 Å². The highest BCUT2D eigenvalue weighted by Crippen LogP contribution is 2.25. The highest BCUT2D eigenvalue weighted by Gasteiger charge is 2.19. The summed E-state index contributed by atoms with van der Waals surface area (Å²) in [7, 11) is -3.77. The van der Waals surface area contributed by atoms with Gasteiger partial charge in [-0.05, 0) is 44.5 Å². The summed E-state index contributed by atoms with van der Waals surface area (Å²) in [5.41, 5.74) is 2.24. The van der Waals surface area contributed by atoms with Crippen LogP contribution in [0.4, 0.5) is 5.82 Å². The standard InChI is InChI=1S/C14H16N2O3S/c1-9-4-7-13(10(2)8-9)20(18,19)16-14-12(17)6-5-11(3)15-14/h4-8,17H,1-3H3,(H,15,16). The minimum absolute atomic E-state index is 0.0648. The Morgan fingerprint density at radius 1 is 1.10 bits per heavy atom. The van der Waals surface area contributed by atoms with Crippen molar-refractivity contribution in [3.05, 3.63) is 47.2 Å². The van der Waals surface area contributed by atoms with Gasteiger partial charge in [-0.1, -0.05) is 17.7 Å². The van der Waals surface area contributed by atoms with Crippen LogP contribution in [0.5, 0.6) is 5.75 Å². The number of rotatable bonds is 3. The molecule has 1 heterocycles. The molecule has 0 aliphatic heterocycles. The van der Waals surface area contributed by atoms with Crippen LogP contribution < -0.4 is 4.72 Å². The number of pyridine rings is 1. The summed E-state index contributed by atoms with van der Waals surface area (Å²) in [4.78, 5) is 4.16. The fourth-order valence-corrected chi connectivity index (χ4v) is 3.15. The van der Waals surface area contributed by atoms with Gasteiger partial charge in [0.1, 0.15) is 0 Å². The average Bonchev–Trinajstić information content (AvgIpc) is 2.33. The van der Waals surface area contributed by atoms with Crippen molar-refractivity contribution in [2.45, 2.75) is 25.7 Å². The predicted molar refractivity (Wildman–Crippen MR) is 77.4 cm³/mol. The van der Waals surface area contributed by atoms with E-state index in [4.69, 9.17) is 0 Å². The van der Waals surface area contributed by atoms with Gasteiger partial charge < -0.3 is 5.11 Å². The van der Waals surface area contributed by atoms with Crippen LogP contribution in [0, 0.1) is 20.8 Å². The Labute approximate surface area is 118 Å². The Morgan fingerprint density at radius 3 is 2.45 bits per heavy atom. The van der Waals surface area contributed by atoms with Crippen LogP contribution in [-0.4, -0.2) is 18.5 Å².